The fourth-order valence-corrected chi connectivity index (χ4v) is 3.39. The highest BCUT2D eigenvalue weighted by atomic mass is 32.2. The molecule has 0 N–H and O–H groups in total. The van der Waals surface area contributed by atoms with Crippen molar-refractivity contribution in [2.45, 2.75) is 17.7 Å². The van der Waals surface area contributed by atoms with E-state index in [2.05, 4.69) is 24.8 Å². The van der Waals surface area contributed by atoms with E-state index in [9.17, 15) is 0 Å². The molecule has 1 aliphatic carbocycles. The number of rotatable bonds is 5. The summed E-state index contributed by atoms with van der Waals surface area (Å²) in [6.07, 6.45) is 2.66. The molecule has 0 aliphatic heterocycles. The Hall–Kier alpha value is -0.280. The second kappa shape index (κ2) is 4.71. The van der Waals surface area contributed by atoms with Gasteiger partial charge in [-0.3, -0.25) is 0 Å². The van der Waals surface area contributed by atoms with Gasteiger partial charge in [-0.05, 0) is 36.1 Å². The van der Waals surface area contributed by atoms with Crippen molar-refractivity contribution < 1.29 is 4.74 Å². The molecule has 0 unspecified atom stereocenters. The highest BCUT2D eigenvalue weighted by molar-refractivity contribution is 7.99. The monoisotopic (exact) mass is 240 g/mol. The topological polar surface area (TPSA) is 9.23 Å². The van der Waals surface area contributed by atoms with Crippen LogP contribution in [0.15, 0.2) is 29.2 Å². The van der Waals surface area contributed by atoms with Gasteiger partial charge < -0.3 is 4.74 Å². The molecule has 1 aliphatic rings. The fraction of sp³-hybridized carbons (Fsp3) is 0.500. The first-order chi connectivity index (χ1) is 7.29. The summed E-state index contributed by atoms with van der Waals surface area (Å²) in [5, 5.41) is 0. The molecule has 15 heavy (non-hydrogen) atoms. The standard InChI is InChI=1S/C12H16OS2/c1-13-10-4-2-3-5-11(10)15-9-12(8-14)6-7-12/h2-5,14H,6-9H2,1H3. The van der Waals surface area contributed by atoms with E-state index >= 15 is 0 Å². The molecular weight excluding hydrogens is 224 g/mol. The third kappa shape index (κ3) is 2.64. The Morgan fingerprint density at radius 3 is 2.73 bits per heavy atom. The van der Waals surface area contributed by atoms with Gasteiger partial charge in [0.2, 0.25) is 0 Å². The predicted molar refractivity (Wildman–Crippen MR) is 69.2 cm³/mol. The van der Waals surface area contributed by atoms with Crippen molar-refractivity contribution in [3.8, 4) is 5.75 Å². The minimum absolute atomic E-state index is 0.509. The SMILES string of the molecule is COc1ccccc1SCC1(CS)CC1. The molecule has 0 spiro atoms. The van der Waals surface area contributed by atoms with Crippen molar-refractivity contribution in [3.63, 3.8) is 0 Å². The minimum atomic E-state index is 0.509. The van der Waals surface area contributed by atoms with Crippen molar-refractivity contribution >= 4 is 24.4 Å². The smallest absolute Gasteiger partial charge is 0.132 e. The molecule has 0 saturated heterocycles. The largest absolute Gasteiger partial charge is 0.496 e. The molecule has 0 atom stereocenters. The maximum Gasteiger partial charge on any atom is 0.132 e. The van der Waals surface area contributed by atoms with Gasteiger partial charge in [-0.15, -0.1) is 11.8 Å². The number of ether oxygens (including phenoxy) is 1. The molecule has 0 aromatic heterocycles. The molecule has 2 rings (SSSR count). The van der Waals surface area contributed by atoms with Crippen LogP contribution in [0.2, 0.25) is 0 Å². The molecule has 1 fully saturated rings. The lowest BCUT2D eigenvalue weighted by atomic mass is 10.2. The number of para-hydroxylation sites is 1. The second-order valence-electron chi connectivity index (χ2n) is 4.10. The molecule has 0 heterocycles. The number of benzene rings is 1. The van der Waals surface area contributed by atoms with Crippen LogP contribution in [0.25, 0.3) is 0 Å². The molecule has 0 bridgehead atoms. The average molecular weight is 240 g/mol. The summed E-state index contributed by atoms with van der Waals surface area (Å²) in [6.45, 7) is 0. The second-order valence-corrected chi connectivity index (χ2v) is 5.43. The van der Waals surface area contributed by atoms with Crippen LogP contribution in [0.1, 0.15) is 12.8 Å². The lowest BCUT2D eigenvalue weighted by Crippen LogP contribution is -2.05. The van der Waals surface area contributed by atoms with Gasteiger partial charge >= 0.3 is 0 Å². The van der Waals surface area contributed by atoms with Crippen LogP contribution < -0.4 is 4.74 Å². The summed E-state index contributed by atoms with van der Waals surface area (Å²) in [4.78, 5) is 1.24. The van der Waals surface area contributed by atoms with E-state index in [1.807, 2.05) is 23.9 Å². The number of hydrogen-bond acceptors (Lipinski definition) is 3. The van der Waals surface area contributed by atoms with Crippen molar-refractivity contribution in [2.24, 2.45) is 5.41 Å². The molecular formula is C12H16OS2. The van der Waals surface area contributed by atoms with Gasteiger partial charge in [0, 0.05) is 10.6 Å². The number of thioether (sulfide) groups is 1. The molecule has 1 aromatic rings. The molecule has 1 saturated carbocycles. The van der Waals surface area contributed by atoms with Crippen molar-refractivity contribution in [1.29, 1.82) is 0 Å². The Balaban J connectivity index is 1.98. The van der Waals surface area contributed by atoms with Crippen LogP contribution in [0.4, 0.5) is 0 Å². The maximum absolute atomic E-state index is 5.32. The Morgan fingerprint density at radius 2 is 2.13 bits per heavy atom. The Bertz CT molecular complexity index is 334. The number of thiol groups is 1. The quantitative estimate of drug-likeness (QED) is 0.623. The molecule has 3 heteroatoms. The average Bonchev–Trinajstić information content (AvgIpc) is 3.07. The zero-order valence-corrected chi connectivity index (χ0v) is 10.6. The highest BCUT2D eigenvalue weighted by Crippen LogP contribution is 2.50. The number of hydrogen-bond donors (Lipinski definition) is 1. The third-order valence-corrected chi connectivity index (χ3v) is 4.97. The van der Waals surface area contributed by atoms with E-state index < -0.39 is 0 Å². The first-order valence-corrected chi connectivity index (χ1v) is 6.78. The van der Waals surface area contributed by atoms with Crippen LogP contribution in [0.3, 0.4) is 0 Å². The highest BCUT2D eigenvalue weighted by Gasteiger charge is 2.41. The van der Waals surface area contributed by atoms with Gasteiger partial charge in [-0.25, -0.2) is 0 Å². The van der Waals surface area contributed by atoms with Crippen LogP contribution in [0, 0.1) is 5.41 Å². The molecule has 0 amide bonds. The Morgan fingerprint density at radius 1 is 1.40 bits per heavy atom. The van der Waals surface area contributed by atoms with Gasteiger partial charge in [-0.2, -0.15) is 12.6 Å². The van der Waals surface area contributed by atoms with Gasteiger partial charge in [0.25, 0.3) is 0 Å². The lowest BCUT2D eigenvalue weighted by molar-refractivity contribution is 0.405. The van der Waals surface area contributed by atoms with Gasteiger partial charge in [0.15, 0.2) is 0 Å². The number of methoxy groups -OCH3 is 1. The summed E-state index contributed by atoms with van der Waals surface area (Å²) in [7, 11) is 1.73. The fourth-order valence-electron chi connectivity index (χ4n) is 1.49. The van der Waals surface area contributed by atoms with Crippen LogP contribution >= 0.6 is 24.4 Å². The molecule has 1 aromatic carbocycles. The van der Waals surface area contributed by atoms with E-state index in [0.717, 1.165) is 17.3 Å². The van der Waals surface area contributed by atoms with Crippen LogP contribution in [0.5, 0.6) is 5.75 Å². The van der Waals surface area contributed by atoms with Crippen LogP contribution in [-0.4, -0.2) is 18.6 Å². The van der Waals surface area contributed by atoms with Gasteiger partial charge in [0.1, 0.15) is 5.75 Å². The first-order valence-electron chi connectivity index (χ1n) is 5.16. The zero-order valence-electron chi connectivity index (χ0n) is 8.90. The van der Waals surface area contributed by atoms with Crippen LogP contribution in [-0.2, 0) is 0 Å². The summed E-state index contributed by atoms with van der Waals surface area (Å²) in [5.41, 5.74) is 0.509. The summed E-state index contributed by atoms with van der Waals surface area (Å²) in [6, 6.07) is 8.21. The third-order valence-electron chi connectivity index (χ3n) is 2.90. The molecule has 0 radical (unpaired) electrons. The minimum Gasteiger partial charge on any atom is -0.496 e. The molecule has 82 valence electrons. The van der Waals surface area contributed by atoms with E-state index in [1.165, 1.54) is 17.7 Å². The Kier molecular flexibility index (Phi) is 3.52. The van der Waals surface area contributed by atoms with Crippen molar-refractivity contribution in [2.75, 3.05) is 18.6 Å². The predicted octanol–water partition coefficient (Wildman–Crippen LogP) is 3.50. The summed E-state index contributed by atoms with van der Waals surface area (Å²) < 4.78 is 5.32. The summed E-state index contributed by atoms with van der Waals surface area (Å²) in [5.74, 6) is 3.16. The van der Waals surface area contributed by atoms with E-state index in [1.54, 1.807) is 7.11 Å². The lowest BCUT2D eigenvalue weighted by Gasteiger charge is -2.12. The summed E-state index contributed by atoms with van der Waals surface area (Å²) >= 11 is 6.31. The van der Waals surface area contributed by atoms with Crippen molar-refractivity contribution in [1.82, 2.24) is 0 Å². The Labute approximate surface area is 101 Å². The van der Waals surface area contributed by atoms with Crippen molar-refractivity contribution in [3.05, 3.63) is 24.3 Å². The maximum atomic E-state index is 5.32. The zero-order chi connectivity index (χ0) is 10.7. The molecule has 1 nitrogen and oxygen atoms in total. The first kappa shape index (κ1) is 11.2. The van der Waals surface area contributed by atoms with E-state index in [0.29, 0.717) is 5.41 Å². The van der Waals surface area contributed by atoms with E-state index in [-0.39, 0.29) is 0 Å². The van der Waals surface area contributed by atoms with Gasteiger partial charge in [0.05, 0.1) is 7.11 Å². The normalized spacial score (nSPS) is 17.5. The van der Waals surface area contributed by atoms with Gasteiger partial charge in [-0.1, -0.05) is 12.1 Å². The van der Waals surface area contributed by atoms with E-state index in [4.69, 9.17) is 4.74 Å².